The molecule has 1 heterocycles. The molecule has 9 nitrogen and oxygen atoms in total. The number of hydrogen-bond donors (Lipinski definition) is 4. The van der Waals surface area contributed by atoms with Gasteiger partial charge >= 0.3 is 12.1 Å². The van der Waals surface area contributed by atoms with E-state index in [2.05, 4.69) is 15.6 Å². The number of fused-ring (bicyclic) bond motifs is 1. The summed E-state index contributed by atoms with van der Waals surface area (Å²) < 4.78 is 5.12. The number of carboxylic acid groups (broad SMARTS) is 1. The molecule has 3 aromatic rings. The highest BCUT2D eigenvalue weighted by Gasteiger charge is 2.19. The first-order valence-corrected chi connectivity index (χ1v) is 12.0. The van der Waals surface area contributed by atoms with Crippen molar-refractivity contribution in [2.45, 2.75) is 38.3 Å². The number of aliphatic carboxylic acids is 1. The average Bonchev–Trinajstić information content (AvgIpc) is 3.09. The number of aliphatic imine (C=N–C) groups is 1. The molecular formula is C28H28N4O5. The number of rotatable bonds is 7. The van der Waals surface area contributed by atoms with Gasteiger partial charge in [0.2, 0.25) is 0 Å². The third-order valence-electron chi connectivity index (χ3n) is 6.01. The zero-order valence-electron chi connectivity index (χ0n) is 20.1. The lowest BCUT2D eigenvalue weighted by Gasteiger charge is -2.17. The molecule has 1 aliphatic rings. The quantitative estimate of drug-likeness (QED) is 0.275. The number of amidine groups is 1. The fourth-order valence-corrected chi connectivity index (χ4v) is 4.11. The van der Waals surface area contributed by atoms with Gasteiger partial charge in [-0.2, -0.15) is 4.99 Å². The Labute approximate surface area is 214 Å². The summed E-state index contributed by atoms with van der Waals surface area (Å²) in [7, 11) is 0. The van der Waals surface area contributed by atoms with Crippen LogP contribution in [-0.2, 0) is 22.6 Å². The van der Waals surface area contributed by atoms with Gasteiger partial charge in [-0.05, 0) is 54.7 Å². The molecule has 5 N–H and O–H groups in total. The van der Waals surface area contributed by atoms with Crippen LogP contribution in [0.25, 0.3) is 0 Å². The molecule has 1 atom stereocenters. The molecule has 0 aliphatic carbocycles. The minimum atomic E-state index is -0.844. The average molecular weight is 501 g/mol. The molecule has 37 heavy (non-hydrogen) atoms. The molecule has 0 saturated heterocycles. The zero-order valence-corrected chi connectivity index (χ0v) is 20.1. The van der Waals surface area contributed by atoms with Gasteiger partial charge < -0.3 is 26.2 Å². The fourth-order valence-electron chi connectivity index (χ4n) is 4.11. The van der Waals surface area contributed by atoms with Crippen LogP contribution in [-0.4, -0.2) is 35.0 Å². The Morgan fingerprint density at radius 1 is 1.03 bits per heavy atom. The summed E-state index contributed by atoms with van der Waals surface area (Å²) >= 11 is 0. The van der Waals surface area contributed by atoms with Gasteiger partial charge in [-0.15, -0.1) is 0 Å². The normalized spacial score (nSPS) is 15.0. The Hall–Kier alpha value is -4.66. The molecule has 190 valence electrons. The third-order valence-corrected chi connectivity index (χ3v) is 6.01. The largest absolute Gasteiger partial charge is 0.481 e. The third kappa shape index (κ3) is 7.17. The van der Waals surface area contributed by atoms with Crippen LogP contribution in [0.5, 0.6) is 0 Å². The number of nitrogens with zero attached hydrogens (tertiary/aromatic N) is 1. The highest BCUT2D eigenvalue weighted by Crippen LogP contribution is 2.28. The molecule has 0 radical (unpaired) electrons. The molecule has 0 fully saturated rings. The number of benzene rings is 3. The van der Waals surface area contributed by atoms with Crippen LogP contribution in [0.1, 0.15) is 46.3 Å². The van der Waals surface area contributed by atoms with Crippen LogP contribution in [0.2, 0.25) is 0 Å². The van der Waals surface area contributed by atoms with E-state index >= 15 is 0 Å². The number of hydrogen-bond acceptors (Lipinski definition) is 5. The van der Waals surface area contributed by atoms with Crippen molar-refractivity contribution in [3.05, 3.63) is 95.1 Å². The van der Waals surface area contributed by atoms with Crippen LogP contribution < -0.4 is 16.4 Å². The maximum absolute atomic E-state index is 12.8. The van der Waals surface area contributed by atoms with Crippen LogP contribution in [0.4, 0.5) is 16.2 Å². The smallest absolute Gasteiger partial charge is 0.435 e. The molecule has 0 spiro atoms. The number of carboxylic acids is 1. The Balaban J connectivity index is 1.36. The van der Waals surface area contributed by atoms with Crippen molar-refractivity contribution in [3.63, 3.8) is 0 Å². The van der Waals surface area contributed by atoms with Gasteiger partial charge in [0.25, 0.3) is 5.91 Å². The predicted molar refractivity (Wildman–Crippen MR) is 141 cm³/mol. The van der Waals surface area contributed by atoms with Crippen LogP contribution in [0.15, 0.2) is 77.8 Å². The number of aryl methyl sites for hydroxylation is 1. The van der Waals surface area contributed by atoms with Crippen molar-refractivity contribution in [1.29, 1.82) is 0 Å². The molecule has 0 saturated carbocycles. The first-order chi connectivity index (χ1) is 17.9. The van der Waals surface area contributed by atoms with Crippen LogP contribution >= 0.6 is 0 Å². The van der Waals surface area contributed by atoms with E-state index in [4.69, 9.17) is 15.6 Å². The highest BCUT2D eigenvalue weighted by molar-refractivity contribution is 6.06. The molecule has 1 aliphatic heterocycles. The number of nitrogens with one attached hydrogen (secondary N) is 2. The lowest BCUT2D eigenvalue weighted by Crippen LogP contribution is -2.22. The van der Waals surface area contributed by atoms with E-state index in [-0.39, 0.29) is 30.8 Å². The van der Waals surface area contributed by atoms with Crippen molar-refractivity contribution in [2.24, 2.45) is 10.7 Å². The molecular weight excluding hydrogens is 472 g/mol. The van der Waals surface area contributed by atoms with Gasteiger partial charge in [0, 0.05) is 28.5 Å². The second-order valence-corrected chi connectivity index (χ2v) is 8.77. The van der Waals surface area contributed by atoms with Crippen molar-refractivity contribution < 1.29 is 24.2 Å². The highest BCUT2D eigenvalue weighted by atomic mass is 16.5. The Morgan fingerprint density at radius 3 is 2.49 bits per heavy atom. The van der Waals surface area contributed by atoms with Crippen LogP contribution in [0.3, 0.4) is 0 Å². The van der Waals surface area contributed by atoms with Crippen LogP contribution in [0, 0.1) is 0 Å². The monoisotopic (exact) mass is 500 g/mol. The summed E-state index contributed by atoms with van der Waals surface area (Å²) in [5.41, 5.74) is 10.2. The maximum atomic E-state index is 12.8. The van der Waals surface area contributed by atoms with E-state index in [0.29, 0.717) is 16.8 Å². The van der Waals surface area contributed by atoms with Gasteiger partial charge in [-0.1, -0.05) is 48.5 Å². The molecule has 3 aromatic carbocycles. The minimum absolute atomic E-state index is 0.0160. The number of carbonyl (C=O) groups excluding carboxylic acids is 2. The first kappa shape index (κ1) is 25.4. The summed E-state index contributed by atoms with van der Waals surface area (Å²) in [6.45, 7) is 0.0913. The van der Waals surface area contributed by atoms with E-state index in [0.717, 1.165) is 36.1 Å². The van der Waals surface area contributed by atoms with Crippen molar-refractivity contribution in [3.8, 4) is 0 Å². The summed E-state index contributed by atoms with van der Waals surface area (Å²) in [6, 6.07) is 21.1. The van der Waals surface area contributed by atoms with E-state index in [1.807, 2.05) is 48.5 Å². The van der Waals surface area contributed by atoms with Crippen molar-refractivity contribution >= 4 is 35.2 Å². The summed E-state index contributed by atoms with van der Waals surface area (Å²) in [5.74, 6) is -1.18. The molecule has 0 bridgehead atoms. The lowest BCUT2D eigenvalue weighted by molar-refractivity contribution is -0.137. The van der Waals surface area contributed by atoms with E-state index in [9.17, 15) is 14.4 Å². The lowest BCUT2D eigenvalue weighted by atomic mass is 10.1. The van der Waals surface area contributed by atoms with E-state index in [1.54, 1.807) is 24.3 Å². The molecule has 0 aromatic heterocycles. The minimum Gasteiger partial charge on any atom is -0.481 e. The summed E-state index contributed by atoms with van der Waals surface area (Å²) in [6.07, 6.45) is 1.75. The molecule has 1 unspecified atom stereocenters. The van der Waals surface area contributed by atoms with E-state index < -0.39 is 12.1 Å². The van der Waals surface area contributed by atoms with E-state index in [1.165, 1.54) is 0 Å². The van der Waals surface area contributed by atoms with Crippen molar-refractivity contribution in [1.82, 2.24) is 0 Å². The second-order valence-electron chi connectivity index (χ2n) is 8.77. The number of amides is 2. The Kier molecular flexibility index (Phi) is 8.15. The predicted octanol–water partition coefficient (Wildman–Crippen LogP) is 4.57. The maximum Gasteiger partial charge on any atom is 0.435 e. The first-order valence-electron chi connectivity index (χ1n) is 12.0. The molecule has 9 heteroatoms. The number of ether oxygens (including phenoxy) is 1. The SMILES string of the molecule is NC(=NC(=O)OCc1ccccc1)c1ccc(C(=O)Nc2ccc3c(c2)NC(CC(=O)O)CCC3)cc1. The van der Waals surface area contributed by atoms with Gasteiger partial charge in [-0.25, -0.2) is 4.79 Å². The number of anilines is 2. The van der Waals surface area contributed by atoms with Gasteiger partial charge in [0.1, 0.15) is 12.4 Å². The summed E-state index contributed by atoms with van der Waals surface area (Å²) in [5, 5.41) is 15.3. The number of nitrogens with two attached hydrogens (primary N) is 1. The fraction of sp³-hybridized carbons (Fsp3) is 0.214. The zero-order chi connectivity index (χ0) is 26.2. The Morgan fingerprint density at radius 2 is 1.76 bits per heavy atom. The molecule has 2 amide bonds. The summed E-state index contributed by atoms with van der Waals surface area (Å²) in [4.78, 5) is 39.7. The van der Waals surface area contributed by atoms with Gasteiger partial charge in [0.05, 0.1) is 6.42 Å². The topological polar surface area (TPSA) is 143 Å². The van der Waals surface area contributed by atoms with Gasteiger partial charge in [-0.3, -0.25) is 9.59 Å². The Bertz CT molecular complexity index is 1310. The second kappa shape index (κ2) is 11.9. The molecule has 4 rings (SSSR count). The van der Waals surface area contributed by atoms with Crippen molar-refractivity contribution in [2.75, 3.05) is 10.6 Å². The van der Waals surface area contributed by atoms with Gasteiger partial charge in [0.15, 0.2) is 0 Å². The standard InChI is InChI=1S/C28H28N4O5/c29-26(32-28(36)37-17-18-5-2-1-3-6-18)20-9-11-21(12-10-20)27(35)31-23-14-13-19-7-4-8-22(16-25(33)34)30-24(19)15-23/h1-3,5-6,9-15,22,30H,4,7-8,16-17H2,(H,31,35)(H,33,34)(H2,29,32,36). The number of carbonyl (C=O) groups is 3.